The number of amides is 1. The molecule has 25 heavy (non-hydrogen) atoms. The highest BCUT2D eigenvalue weighted by Gasteiger charge is 2.20. The first-order valence-electron chi connectivity index (χ1n) is 9.30. The van der Waals surface area contributed by atoms with E-state index in [0.717, 1.165) is 44.2 Å². The molecule has 0 aromatic carbocycles. The van der Waals surface area contributed by atoms with Crippen LogP contribution in [0.5, 0.6) is 0 Å². The van der Waals surface area contributed by atoms with Crippen LogP contribution >= 0.6 is 11.3 Å². The van der Waals surface area contributed by atoms with E-state index < -0.39 is 0 Å². The number of carbonyl (C=O) groups is 1. The molecule has 0 aliphatic heterocycles. The van der Waals surface area contributed by atoms with Gasteiger partial charge in [0.25, 0.3) is 0 Å². The lowest BCUT2D eigenvalue weighted by Crippen LogP contribution is -2.39. The normalized spacial score (nSPS) is 12.3. The summed E-state index contributed by atoms with van der Waals surface area (Å²) in [5.74, 6) is 1.32. The van der Waals surface area contributed by atoms with Gasteiger partial charge in [-0.3, -0.25) is 4.79 Å². The average molecular weight is 364 g/mol. The topological polar surface area (TPSA) is 59.2 Å². The van der Waals surface area contributed by atoms with Crippen molar-refractivity contribution in [1.29, 1.82) is 0 Å². The van der Waals surface area contributed by atoms with Crippen molar-refractivity contribution in [1.82, 2.24) is 15.0 Å². The summed E-state index contributed by atoms with van der Waals surface area (Å²) in [6.45, 7) is 7.34. The molecule has 0 aliphatic rings. The van der Waals surface area contributed by atoms with Gasteiger partial charge in [-0.1, -0.05) is 38.3 Å². The third-order valence-corrected chi connectivity index (χ3v) is 5.04. The Morgan fingerprint density at radius 1 is 1.32 bits per heavy atom. The van der Waals surface area contributed by atoms with Crippen molar-refractivity contribution in [2.45, 2.75) is 71.8 Å². The maximum absolute atomic E-state index is 12.7. The Morgan fingerprint density at radius 3 is 2.84 bits per heavy atom. The summed E-state index contributed by atoms with van der Waals surface area (Å²) in [6, 6.07) is 2.25. The summed E-state index contributed by atoms with van der Waals surface area (Å²) in [6.07, 6.45) is 6.45. The van der Waals surface area contributed by atoms with Gasteiger partial charge in [0, 0.05) is 36.4 Å². The van der Waals surface area contributed by atoms with Crippen molar-refractivity contribution >= 4 is 17.2 Å². The van der Waals surface area contributed by atoms with Crippen molar-refractivity contribution in [3.8, 4) is 11.4 Å². The summed E-state index contributed by atoms with van der Waals surface area (Å²) in [4.78, 5) is 19.1. The molecule has 138 valence electrons. The lowest BCUT2D eigenvalue weighted by atomic mass is 10.1. The van der Waals surface area contributed by atoms with E-state index in [2.05, 4.69) is 30.9 Å². The second-order valence-electron chi connectivity index (χ2n) is 6.46. The Balaban J connectivity index is 1.90. The highest BCUT2D eigenvalue weighted by molar-refractivity contribution is 7.08. The Hall–Kier alpha value is -1.69. The zero-order valence-corrected chi connectivity index (χ0v) is 16.3. The second-order valence-corrected chi connectivity index (χ2v) is 7.24. The zero-order chi connectivity index (χ0) is 18.1. The Morgan fingerprint density at radius 2 is 2.16 bits per heavy atom. The van der Waals surface area contributed by atoms with Crippen LogP contribution < -0.4 is 0 Å². The smallest absolute Gasteiger partial charge is 0.227 e. The average Bonchev–Trinajstić information content (AvgIpc) is 3.27. The monoisotopic (exact) mass is 363 g/mol. The molecule has 0 radical (unpaired) electrons. The van der Waals surface area contributed by atoms with Gasteiger partial charge < -0.3 is 9.42 Å². The SMILES string of the molecule is CCCCCN(C(=O)CCc1nc(-c2ccsc2)no1)C(C)CCC. The number of nitrogens with zero attached hydrogens (tertiary/aromatic N) is 3. The fourth-order valence-electron chi connectivity index (χ4n) is 2.92. The largest absolute Gasteiger partial charge is 0.340 e. The van der Waals surface area contributed by atoms with E-state index in [1.165, 1.54) is 0 Å². The van der Waals surface area contributed by atoms with Gasteiger partial charge in [0.05, 0.1) is 0 Å². The zero-order valence-electron chi connectivity index (χ0n) is 15.5. The molecule has 0 saturated carbocycles. The number of aryl methyl sites for hydroxylation is 1. The number of hydrogen-bond acceptors (Lipinski definition) is 5. The highest BCUT2D eigenvalue weighted by atomic mass is 32.1. The molecule has 0 N–H and O–H groups in total. The van der Waals surface area contributed by atoms with Crippen LogP contribution in [0.15, 0.2) is 21.3 Å². The number of unbranched alkanes of at least 4 members (excludes halogenated alkanes) is 2. The molecule has 2 rings (SSSR count). The Labute approximate surface area is 154 Å². The van der Waals surface area contributed by atoms with Crippen LogP contribution in [-0.4, -0.2) is 33.5 Å². The van der Waals surface area contributed by atoms with E-state index in [4.69, 9.17) is 4.52 Å². The number of aromatic nitrogens is 2. The molecule has 2 aromatic rings. The third kappa shape index (κ3) is 5.96. The van der Waals surface area contributed by atoms with Crippen LogP contribution in [0.3, 0.4) is 0 Å². The predicted octanol–water partition coefficient (Wildman–Crippen LogP) is 4.94. The maximum atomic E-state index is 12.7. The third-order valence-electron chi connectivity index (χ3n) is 4.36. The van der Waals surface area contributed by atoms with Crippen molar-refractivity contribution in [2.75, 3.05) is 6.54 Å². The van der Waals surface area contributed by atoms with Gasteiger partial charge in [-0.2, -0.15) is 16.3 Å². The minimum atomic E-state index is 0.187. The standard InChI is InChI=1S/C19H29N3O2S/c1-4-6-7-12-22(15(3)8-5-2)18(23)10-9-17-20-19(21-24-17)16-11-13-25-14-16/h11,13-15H,4-10,12H2,1-3H3. The number of carbonyl (C=O) groups excluding carboxylic acids is 1. The van der Waals surface area contributed by atoms with E-state index in [-0.39, 0.29) is 5.91 Å². The molecule has 2 aromatic heterocycles. The van der Waals surface area contributed by atoms with Crippen molar-refractivity contribution < 1.29 is 9.32 Å². The molecule has 0 bridgehead atoms. The molecule has 1 unspecified atom stereocenters. The minimum Gasteiger partial charge on any atom is -0.340 e. The maximum Gasteiger partial charge on any atom is 0.227 e. The van der Waals surface area contributed by atoms with Crippen molar-refractivity contribution in [3.63, 3.8) is 0 Å². The van der Waals surface area contributed by atoms with Gasteiger partial charge in [-0.25, -0.2) is 0 Å². The summed E-state index contributed by atoms with van der Waals surface area (Å²) in [7, 11) is 0. The van der Waals surface area contributed by atoms with Crippen molar-refractivity contribution in [3.05, 3.63) is 22.7 Å². The van der Waals surface area contributed by atoms with E-state index >= 15 is 0 Å². The number of thiophene rings is 1. The van der Waals surface area contributed by atoms with Crippen LogP contribution in [0, 0.1) is 0 Å². The predicted molar refractivity (Wildman–Crippen MR) is 102 cm³/mol. The van der Waals surface area contributed by atoms with Crippen LogP contribution in [0.25, 0.3) is 11.4 Å². The molecule has 1 amide bonds. The van der Waals surface area contributed by atoms with E-state index in [1.807, 2.05) is 21.7 Å². The van der Waals surface area contributed by atoms with Gasteiger partial charge in [0.1, 0.15) is 0 Å². The van der Waals surface area contributed by atoms with Gasteiger partial charge in [0.2, 0.25) is 17.6 Å². The molecule has 1 atom stereocenters. The molecule has 0 fully saturated rings. The quantitative estimate of drug-likeness (QED) is 0.531. The number of rotatable bonds is 11. The van der Waals surface area contributed by atoms with Crippen molar-refractivity contribution in [2.24, 2.45) is 0 Å². The summed E-state index contributed by atoms with van der Waals surface area (Å²) >= 11 is 1.60. The van der Waals surface area contributed by atoms with Crippen LogP contribution in [-0.2, 0) is 11.2 Å². The first-order chi connectivity index (χ1) is 12.2. The summed E-state index contributed by atoms with van der Waals surface area (Å²) < 4.78 is 5.30. The Bertz CT molecular complexity index is 624. The van der Waals surface area contributed by atoms with E-state index in [9.17, 15) is 4.79 Å². The molecule has 0 spiro atoms. The molecular weight excluding hydrogens is 334 g/mol. The lowest BCUT2D eigenvalue weighted by molar-refractivity contribution is -0.133. The minimum absolute atomic E-state index is 0.187. The van der Waals surface area contributed by atoms with Gasteiger partial charge >= 0.3 is 0 Å². The van der Waals surface area contributed by atoms with E-state index in [1.54, 1.807) is 11.3 Å². The second kappa shape index (κ2) is 10.3. The molecule has 0 aliphatic carbocycles. The number of hydrogen-bond donors (Lipinski definition) is 0. The van der Waals surface area contributed by atoms with Gasteiger partial charge in [-0.15, -0.1) is 0 Å². The fourth-order valence-corrected chi connectivity index (χ4v) is 3.55. The van der Waals surface area contributed by atoms with E-state index in [0.29, 0.717) is 30.6 Å². The summed E-state index contributed by atoms with van der Waals surface area (Å²) in [5, 5.41) is 7.97. The first-order valence-corrected chi connectivity index (χ1v) is 10.2. The van der Waals surface area contributed by atoms with Gasteiger partial charge in [-0.05, 0) is 31.2 Å². The fraction of sp³-hybridized carbons (Fsp3) is 0.632. The van der Waals surface area contributed by atoms with Crippen LogP contribution in [0.2, 0.25) is 0 Å². The lowest BCUT2D eigenvalue weighted by Gasteiger charge is -2.29. The molecule has 2 heterocycles. The summed E-state index contributed by atoms with van der Waals surface area (Å²) in [5.41, 5.74) is 0.962. The Kier molecular flexibility index (Phi) is 8.12. The molecule has 6 heteroatoms. The molecule has 0 saturated heterocycles. The molecular formula is C19H29N3O2S. The van der Waals surface area contributed by atoms with Crippen LogP contribution in [0.1, 0.15) is 65.2 Å². The molecule has 5 nitrogen and oxygen atoms in total. The first kappa shape index (κ1) is 19.6. The van der Waals surface area contributed by atoms with Crippen LogP contribution in [0.4, 0.5) is 0 Å². The highest BCUT2D eigenvalue weighted by Crippen LogP contribution is 2.19. The van der Waals surface area contributed by atoms with Gasteiger partial charge in [0.15, 0.2) is 0 Å².